The van der Waals surface area contributed by atoms with Crippen molar-refractivity contribution >= 4 is 47.2 Å². The third-order valence-electron chi connectivity index (χ3n) is 4.63. The molecule has 1 aromatic rings. The van der Waals surface area contributed by atoms with E-state index in [0.29, 0.717) is 19.0 Å². The van der Waals surface area contributed by atoms with Crippen molar-refractivity contribution in [1.82, 2.24) is 16.0 Å². The van der Waals surface area contributed by atoms with Gasteiger partial charge >= 0.3 is 0 Å². The third-order valence-corrected chi connectivity index (χ3v) is 5.76. The van der Waals surface area contributed by atoms with Crippen LogP contribution in [0.5, 0.6) is 0 Å². The molecule has 8 heteroatoms. The Morgan fingerprint density at radius 2 is 1.96 bits per heavy atom. The SMILES string of the molecule is CCNC(=NCC(C)(O)c1cccs1)NCCNC(=O)C1CCCCC1.I. The molecule has 0 saturated heterocycles. The van der Waals surface area contributed by atoms with Crippen molar-refractivity contribution in [3.05, 3.63) is 22.4 Å². The van der Waals surface area contributed by atoms with E-state index in [9.17, 15) is 9.90 Å². The van der Waals surface area contributed by atoms with Gasteiger partial charge in [-0.2, -0.15) is 0 Å². The van der Waals surface area contributed by atoms with Crippen LogP contribution in [0.25, 0.3) is 0 Å². The maximum absolute atomic E-state index is 12.1. The highest BCUT2D eigenvalue weighted by atomic mass is 127. The quantitative estimate of drug-likeness (QED) is 0.188. The van der Waals surface area contributed by atoms with Gasteiger partial charge in [-0.25, -0.2) is 4.99 Å². The second-order valence-corrected chi connectivity index (χ2v) is 7.95. The van der Waals surface area contributed by atoms with Gasteiger partial charge in [-0.05, 0) is 38.1 Å². The molecule has 1 heterocycles. The zero-order chi connectivity index (χ0) is 18.8. The zero-order valence-corrected chi connectivity index (χ0v) is 19.4. The van der Waals surface area contributed by atoms with Crippen LogP contribution in [0.1, 0.15) is 50.8 Å². The first kappa shape index (κ1) is 24.2. The lowest BCUT2D eigenvalue weighted by molar-refractivity contribution is -0.125. The Morgan fingerprint density at radius 1 is 1.26 bits per heavy atom. The summed E-state index contributed by atoms with van der Waals surface area (Å²) in [6.07, 6.45) is 5.61. The monoisotopic (exact) mass is 508 g/mol. The maximum atomic E-state index is 12.1. The molecule has 27 heavy (non-hydrogen) atoms. The standard InChI is InChI=1S/C19H32N4O2S.HI/c1-3-20-18(23-14-19(2,25)16-10-7-13-26-16)22-12-11-21-17(24)15-8-5-4-6-9-15;/h7,10,13,15,25H,3-6,8-9,11-12,14H2,1-2H3,(H,21,24)(H2,20,22,23);1H. The number of carbonyl (C=O) groups excluding carboxylic acids is 1. The van der Waals surface area contributed by atoms with Crippen molar-refractivity contribution in [2.75, 3.05) is 26.2 Å². The molecule has 0 radical (unpaired) electrons. The zero-order valence-electron chi connectivity index (χ0n) is 16.3. The largest absolute Gasteiger partial charge is 0.383 e. The molecule has 0 bridgehead atoms. The molecule has 1 fully saturated rings. The molecule has 1 aliphatic rings. The first-order chi connectivity index (χ1) is 12.5. The van der Waals surface area contributed by atoms with E-state index in [-0.39, 0.29) is 42.3 Å². The van der Waals surface area contributed by atoms with Crippen LogP contribution in [0.15, 0.2) is 22.5 Å². The summed E-state index contributed by atoms with van der Waals surface area (Å²) in [6, 6.07) is 3.85. The number of thiophene rings is 1. The van der Waals surface area contributed by atoms with Crippen LogP contribution in [-0.4, -0.2) is 43.2 Å². The average molecular weight is 508 g/mol. The molecule has 2 rings (SSSR count). The van der Waals surface area contributed by atoms with Gasteiger partial charge in [0.1, 0.15) is 5.60 Å². The number of carbonyl (C=O) groups is 1. The fourth-order valence-electron chi connectivity index (χ4n) is 3.11. The Hall–Kier alpha value is -0.870. The molecule has 1 unspecified atom stereocenters. The summed E-state index contributed by atoms with van der Waals surface area (Å²) in [5.74, 6) is 1.01. The highest BCUT2D eigenvalue weighted by Crippen LogP contribution is 2.25. The highest BCUT2D eigenvalue weighted by Gasteiger charge is 2.24. The normalized spacial score (nSPS) is 17.5. The number of amides is 1. The number of nitrogens with one attached hydrogen (secondary N) is 3. The maximum Gasteiger partial charge on any atom is 0.223 e. The summed E-state index contributed by atoms with van der Waals surface area (Å²) in [4.78, 5) is 17.5. The van der Waals surface area contributed by atoms with E-state index < -0.39 is 5.60 Å². The first-order valence-electron chi connectivity index (χ1n) is 9.59. The second kappa shape index (κ2) is 12.6. The number of halogens is 1. The van der Waals surface area contributed by atoms with Gasteiger partial charge in [0.2, 0.25) is 5.91 Å². The lowest BCUT2D eigenvalue weighted by Crippen LogP contribution is -2.43. The molecule has 1 aromatic heterocycles. The molecule has 0 aliphatic heterocycles. The summed E-state index contributed by atoms with van der Waals surface area (Å²) in [5, 5.41) is 21.9. The van der Waals surface area contributed by atoms with Crippen molar-refractivity contribution < 1.29 is 9.90 Å². The van der Waals surface area contributed by atoms with Crippen LogP contribution >= 0.6 is 35.3 Å². The van der Waals surface area contributed by atoms with Gasteiger partial charge < -0.3 is 21.1 Å². The van der Waals surface area contributed by atoms with Gasteiger partial charge in [-0.1, -0.05) is 25.3 Å². The van der Waals surface area contributed by atoms with Crippen molar-refractivity contribution in [3.8, 4) is 0 Å². The van der Waals surface area contributed by atoms with Crippen molar-refractivity contribution in [3.63, 3.8) is 0 Å². The fraction of sp³-hybridized carbons (Fsp3) is 0.684. The van der Waals surface area contributed by atoms with E-state index in [1.165, 1.54) is 17.8 Å². The number of hydrogen-bond donors (Lipinski definition) is 4. The molecule has 1 saturated carbocycles. The molecule has 0 spiro atoms. The van der Waals surface area contributed by atoms with Crippen LogP contribution < -0.4 is 16.0 Å². The van der Waals surface area contributed by atoms with Crippen LogP contribution in [0, 0.1) is 5.92 Å². The second-order valence-electron chi connectivity index (χ2n) is 7.00. The molecular formula is C19H33IN4O2S. The molecule has 4 N–H and O–H groups in total. The molecule has 154 valence electrons. The van der Waals surface area contributed by atoms with Gasteiger partial charge in [0.05, 0.1) is 6.54 Å². The first-order valence-corrected chi connectivity index (χ1v) is 10.5. The number of aliphatic hydroxyl groups is 1. The molecule has 1 atom stereocenters. The van der Waals surface area contributed by atoms with E-state index in [0.717, 1.165) is 37.1 Å². The highest BCUT2D eigenvalue weighted by molar-refractivity contribution is 14.0. The Kier molecular flexibility index (Phi) is 11.2. The Balaban J connectivity index is 0.00000364. The van der Waals surface area contributed by atoms with Crippen LogP contribution in [0.2, 0.25) is 0 Å². The number of nitrogens with zero attached hydrogens (tertiary/aromatic N) is 1. The third kappa shape index (κ3) is 8.35. The summed E-state index contributed by atoms with van der Waals surface area (Å²) >= 11 is 1.53. The van der Waals surface area contributed by atoms with E-state index in [1.807, 2.05) is 24.4 Å². The van der Waals surface area contributed by atoms with E-state index in [4.69, 9.17) is 0 Å². The van der Waals surface area contributed by atoms with Crippen molar-refractivity contribution in [2.24, 2.45) is 10.9 Å². The minimum absolute atomic E-state index is 0. The molecule has 1 amide bonds. The van der Waals surface area contributed by atoms with E-state index in [1.54, 1.807) is 6.92 Å². The van der Waals surface area contributed by atoms with E-state index >= 15 is 0 Å². The summed E-state index contributed by atoms with van der Waals surface area (Å²) in [6.45, 7) is 5.96. The molecule has 1 aliphatic carbocycles. The van der Waals surface area contributed by atoms with Crippen molar-refractivity contribution in [1.29, 1.82) is 0 Å². The molecule has 0 aromatic carbocycles. The topological polar surface area (TPSA) is 85.8 Å². The summed E-state index contributed by atoms with van der Waals surface area (Å²) in [7, 11) is 0. The molecule has 6 nitrogen and oxygen atoms in total. The fourth-order valence-corrected chi connectivity index (χ4v) is 3.89. The Labute approximate surface area is 183 Å². The average Bonchev–Trinajstić information content (AvgIpc) is 3.19. The number of guanidine groups is 1. The Morgan fingerprint density at radius 3 is 2.59 bits per heavy atom. The predicted molar refractivity (Wildman–Crippen MR) is 123 cm³/mol. The summed E-state index contributed by atoms with van der Waals surface area (Å²) in [5.41, 5.74) is -0.980. The number of rotatable bonds is 8. The van der Waals surface area contributed by atoms with Crippen molar-refractivity contribution in [2.45, 2.75) is 51.6 Å². The van der Waals surface area contributed by atoms with Crippen LogP contribution in [0.4, 0.5) is 0 Å². The van der Waals surface area contributed by atoms with Crippen LogP contribution in [0.3, 0.4) is 0 Å². The van der Waals surface area contributed by atoms with E-state index in [2.05, 4.69) is 20.9 Å². The number of hydrogen-bond acceptors (Lipinski definition) is 4. The van der Waals surface area contributed by atoms with Gasteiger partial charge in [0.15, 0.2) is 5.96 Å². The summed E-state index contributed by atoms with van der Waals surface area (Å²) < 4.78 is 0. The van der Waals surface area contributed by atoms with Crippen LogP contribution in [-0.2, 0) is 10.4 Å². The Bertz CT molecular complexity index is 572. The number of aliphatic imine (C=N–C) groups is 1. The smallest absolute Gasteiger partial charge is 0.223 e. The van der Waals surface area contributed by atoms with Gasteiger partial charge in [0.25, 0.3) is 0 Å². The minimum atomic E-state index is -0.980. The molecular weight excluding hydrogens is 475 g/mol. The van der Waals surface area contributed by atoms with Gasteiger partial charge in [-0.3, -0.25) is 4.79 Å². The predicted octanol–water partition coefficient (Wildman–Crippen LogP) is 2.83. The minimum Gasteiger partial charge on any atom is -0.383 e. The lowest BCUT2D eigenvalue weighted by Gasteiger charge is -2.21. The lowest BCUT2D eigenvalue weighted by atomic mass is 9.89. The van der Waals surface area contributed by atoms with Gasteiger partial charge in [0, 0.05) is 30.4 Å². The van der Waals surface area contributed by atoms with Gasteiger partial charge in [-0.15, -0.1) is 35.3 Å².